The van der Waals surface area contributed by atoms with Crippen LogP contribution in [0.5, 0.6) is 0 Å². The smallest absolute Gasteiger partial charge is 0.125 e. The molecule has 0 amide bonds. The van der Waals surface area contributed by atoms with Gasteiger partial charge in [0, 0.05) is 0 Å². The van der Waals surface area contributed by atoms with Gasteiger partial charge >= 0.3 is 0 Å². The molecule has 0 N–H and O–H groups in total. The molecule has 0 aromatic rings. The van der Waals surface area contributed by atoms with Crippen LogP contribution in [0.1, 0.15) is 71.6 Å². The van der Waals surface area contributed by atoms with E-state index in [9.17, 15) is 0 Å². The summed E-state index contributed by atoms with van der Waals surface area (Å²) in [6, 6.07) is 0. The molecule has 2 heteroatoms. The topological polar surface area (TPSA) is 18.5 Å². The van der Waals surface area contributed by atoms with Crippen LogP contribution in [0.15, 0.2) is 11.3 Å². The zero-order valence-electron chi connectivity index (χ0n) is 14.9. The molecule has 2 nitrogen and oxygen atoms in total. The molecule has 1 aliphatic heterocycles. The molecule has 128 valence electrons. The summed E-state index contributed by atoms with van der Waals surface area (Å²) in [5, 5.41) is 0. The van der Waals surface area contributed by atoms with Crippen LogP contribution >= 0.6 is 0 Å². The average Bonchev–Trinajstić information content (AvgIpc) is 2.96. The first-order valence-corrected chi connectivity index (χ1v) is 10.1. The van der Waals surface area contributed by atoms with E-state index < -0.39 is 0 Å². The normalized spacial score (nSPS) is 52.1. The zero-order chi connectivity index (χ0) is 15.7. The lowest BCUT2D eigenvalue weighted by Gasteiger charge is -2.60. The molecule has 5 rings (SSSR count). The second-order valence-corrected chi connectivity index (χ2v) is 9.48. The monoisotopic (exact) mass is 316 g/mol. The lowest BCUT2D eigenvalue weighted by Crippen LogP contribution is -2.56. The number of rotatable bonds is 0. The molecule has 23 heavy (non-hydrogen) atoms. The molecule has 1 unspecified atom stereocenters. The molecule has 1 saturated heterocycles. The van der Waals surface area contributed by atoms with E-state index in [1.807, 2.05) is 0 Å². The lowest BCUT2D eigenvalue weighted by molar-refractivity contribution is -0.152. The number of hydrogen-bond acceptors (Lipinski definition) is 2. The molecule has 0 spiro atoms. The lowest BCUT2D eigenvalue weighted by atomic mass is 9.47. The van der Waals surface area contributed by atoms with Gasteiger partial charge in [0.1, 0.15) is 18.5 Å². The molecule has 0 bridgehead atoms. The predicted octanol–water partition coefficient (Wildman–Crippen LogP) is 5.08. The third-order valence-corrected chi connectivity index (χ3v) is 8.54. The standard InChI is InChI=1S/C21H32O2/c1-20-9-5-7-14(20)17-15(8-11-20)21(2)10-4-3-6-16(21)18-19(17)23-13-12-22-18/h14-15,17,19H,3-13H2,1-2H3/t14-,15-,17-,19?,20-,21+/m0/s1. The van der Waals surface area contributed by atoms with E-state index in [-0.39, 0.29) is 6.10 Å². The zero-order valence-corrected chi connectivity index (χ0v) is 14.9. The highest BCUT2D eigenvalue weighted by molar-refractivity contribution is 5.31. The molecule has 4 aliphatic carbocycles. The van der Waals surface area contributed by atoms with Crippen molar-refractivity contribution in [3.05, 3.63) is 11.3 Å². The highest BCUT2D eigenvalue weighted by Crippen LogP contribution is 2.66. The molecule has 1 heterocycles. The van der Waals surface area contributed by atoms with Crippen LogP contribution in [0.25, 0.3) is 0 Å². The van der Waals surface area contributed by atoms with Crippen LogP contribution in [0.2, 0.25) is 0 Å². The van der Waals surface area contributed by atoms with Crippen LogP contribution < -0.4 is 0 Å². The van der Waals surface area contributed by atoms with Gasteiger partial charge in [-0.25, -0.2) is 0 Å². The first kappa shape index (κ1) is 14.8. The van der Waals surface area contributed by atoms with Crippen molar-refractivity contribution in [2.45, 2.75) is 77.7 Å². The average molecular weight is 316 g/mol. The van der Waals surface area contributed by atoms with Gasteiger partial charge in [-0.05, 0) is 79.1 Å². The van der Waals surface area contributed by atoms with E-state index in [2.05, 4.69) is 13.8 Å². The summed E-state index contributed by atoms with van der Waals surface area (Å²) < 4.78 is 12.7. The molecular weight excluding hydrogens is 284 g/mol. The maximum Gasteiger partial charge on any atom is 0.125 e. The minimum atomic E-state index is 0.289. The molecule has 5 aliphatic rings. The van der Waals surface area contributed by atoms with E-state index in [1.54, 1.807) is 5.57 Å². The first-order chi connectivity index (χ1) is 11.1. The highest BCUT2D eigenvalue weighted by Gasteiger charge is 2.61. The van der Waals surface area contributed by atoms with Crippen molar-refractivity contribution in [2.24, 2.45) is 28.6 Å². The summed E-state index contributed by atoms with van der Waals surface area (Å²) in [7, 11) is 0. The maximum atomic E-state index is 6.42. The second-order valence-electron chi connectivity index (χ2n) is 9.48. The fourth-order valence-electron chi connectivity index (χ4n) is 7.42. The minimum Gasteiger partial charge on any atom is -0.493 e. The third-order valence-electron chi connectivity index (χ3n) is 8.54. The Morgan fingerprint density at radius 2 is 1.83 bits per heavy atom. The van der Waals surface area contributed by atoms with Gasteiger partial charge < -0.3 is 9.47 Å². The van der Waals surface area contributed by atoms with Gasteiger partial charge in [0.2, 0.25) is 0 Å². The Balaban J connectivity index is 1.64. The van der Waals surface area contributed by atoms with Gasteiger partial charge in [0.05, 0.1) is 6.61 Å². The largest absolute Gasteiger partial charge is 0.493 e. The van der Waals surface area contributed by atoms with Crippen molar-refractivity contribution >= 4 is 0 Å². The van der Waals surface area contributed by atoms with E-state index in [4.69, 9.17) is 9.47 Å². The van der Waals surface area contributed by atoms with E-state index in [1.165, 1.54) is 63.5 Å². The van der Waals surface area contributed by atoms with Crippen LogP contribution in [-0.2, 0) is 9.47 Å². The fourth-order valence-corrected chi connectivity index (χ4v) is 7.42. The van der Waals surface area contributed by atoms with Crippen molar-refractivity contribution in [3.63, 3.8) is 0 Å². The van der Waals surface area contributed by atoms with Crippen LogP contribution in [0.4, 0.5) is 0 Å². The van der Waals surface area contributed by atoms with E-state index in [0.29, 0.717) is 10.8 Å². The van der Waals surface area contributed by atoms with E-state index >= 15 is 0 Å². The fraction of sp³-hybridized carbons (Fsp3) is 0.905. The van der Waals surface area contributed by atoms with E-state index in [0.717, 1.165) is 31.0 Å². The summed E-state index contributed by atoms with van der Waals surface area (Å²) in [5.41, 5.74) is 2.64. The van der Waals surface area contributed by atoms with Crippen molar-refractivity contribution in [2.75, 3.05) is 13.2 Å². The Kier molecular flexibility index (Phi) is 3.22. The minimum absolute atomic E-state index is 0.289. The van der Waals surface area contributed by atoms with Gasteiger partial charge in [-0.1, -0.05) is 26.7 Å². The maximum absolute atomic E-state index is 6.42. The third kappa shape index (κ3) is 1.91. The van der Waals surface area contributed by atoms with Crippen molar-refractivity contribution < 1.29 is 9.47 Å². The SMILES string of the molecule is C[C@@]12CCC[C@H]1[C@@H]1C3OCCOC3=C3CCCC[C@]3(C)[C@H]1CC2. The molecule has 0 radical (unpaired) electrons. The summed E-state index contributed by atoms with van der Waals surface area (Å²) in [6.45, 7) is 6.72. The van der Waals surface area contributed by atoms with Gasteiger partial charge in [-0.15, -0.1) is 0 Å². The summed E-state index contributed by atoms with van der Waals surface area (Å²) in [5.74, 6) is 3.72. The summed E-state index contributed by atoms with van der Waals surface area (Å²) >= 11 is 0. The highest BCUT2D eigenvalue weighted by atomic mass is 16.6. The number of allylic oxidation sites excluding steroid dienone is 1. The summed E-state index contributed by atoms with van der Waals surface area (Å²) in [6.07, 6.45) is 12.9. The predicted molar refractivity (Wildman–Crippen MR) is 91.0 cm³/mol. The molecule has 0 aromatic carbocycles. The Hall–Kier alpha value is -0.500. The van der Waals surface area contributed by atoms with Crippen molar-refractivity contribution in [3.8, 4) is 0 Å². The van der Waals surface area contributed by atoms with Crippen LogP contribution in [0, 0.1) is 28.6 Å². The van der Waals surface area contributed by atoms with Gasteiger partial charge in [-0.2, -0.15) is 0 Å². The summed E-state index contributed by atoms with van der Waals surface area (Å²) in [4.78, 5) is 0. The molecule has 0 aromatic heterocycles. The number of ether oxygens (including phenoxy) is 2. The first-order valence-electron chi connectivity index (χ1n) is 10.1. The second kappa shape index (κ2) is 5.00. The molecular formula is C21H32O2. The number of hydrogen-bond donors (Lipinski definition) is 0. The van der Waals surface area contributed by atoms with Crippen molar-refractivity contribution in [1.29, 1.82) is 0 Å². The van der Waals surface area contributed by atoms with Crippen LogP contribution in [-0.4, -0.2) is 19.3 Å². The molecule has 6 atom stereocenters. The molecule has 3 saturated carbocycles. The van der Waals surface area contributed by atoms with Crippen LogP contribution in [0.3, 0.4) is 0 Å². The molecule has 4 fully saturated rings. The Labute approximate surface area is 141 Å². The van der Waals surface area contributed by atoms with Gasteiger partial charge in [0.25, 0.3) is 0 Å². The Morgan fingerprint density at radius 1 is 0.913 bits per heavy atom. The van der Waals surface area contributed by atoms with Gasteiger partial charge in [-0.3, -0.25) is 0 Å². The quantitative estimate of drug-likeness (QED) is 0.620. The Morgan fingerprint density at radius 3 is 2.74 bits per heavy atom. The number of fused-ring (bicyclic) bond motifs is 7. The van der Waals surface area contributed by atoms with Crippen molar-refractivity contribution in [1.82, 2.24) is 0 Å². The van der Waals surface area contributed by atoms with Gasteiger partial charge in [0.15, 0.2) is 0 Å². The Bertz CT molecular complexity index is 538.